The predicted octanol–water partition coefficient (Wildman–Crippen LogP) is 2.53. The maximum atomic E-state index is 13.2. The molecule has 88 valence electrons. The van der Waals surface area contributed by atoms with Gasteiger partial charge in [-0.15, -0.1) is 0 Å². The van der Waals surface area contributed by atoms with Gasteiger partial charge in [0.15, 0.2) is 0 Å². The molecule has 0 fully saturated rings. The van der Waals surface area contributed by atoms with Crippen molar-refractivity contribution in [2.24, 2.45) is 5.92 Å². The molecule has 1 atom stereocenters. The number of carbonyl (C=O) groups excluding carboxylic acids is 1. The van der Waals surface area contributed by atoms with E-state index < -0.39 is 0 Å². The van der Waals surface area contributed by atoms with Crippen LogP contribution in [-0.2, 0) is 11.2 Å². The fourth-order valence-electron chi connectivity index (χ4n) is 1.38. The Hall–Kier alpha value is -1.38. The molecule has 1 amide bonds. The van der Waals surface area contributed by atoms with Crippen molar-refractivity contribution in [2.75, 3.05) is 6.54 Å². The number of hydrogen-bond acceptors (Lipinski definition) is 1. The molecule has 1 unspecified atom stereocenters. The maximum Gasteiger partial charge on any atom is 0.222 e. The van der Waals surface area contributed by atoms with E-state index in [-0.39, 0.29) is 17.6 Å². The molecule has 0 heterocycles. The summed E-state index contributed by atoms with van der Waals surface area (Å²) in [6.07, 6.45) is 1.36. The first kappa shape index (κ1) is 12.7. The topological polar surface area (TPSA) is 29.1 Å². The Kier molecular flexibility index (Phi) is 4.96. The molecular weight excluding hydrogens is 205 g/mol. The van der Waals surface area contributed by atoms with Crippen molar-refractivity contribution in [3.8, 4) is 0 Å². The first-order chi connectivity index (χ1) is 7.65. The Morgan fingerprint density at radius 2 is 2.12 bits per heavy atom. The van der Waals surface area contributed by atoms with Crippen molar-refractivity contribution in [3.05, 3.63) is 35.6 Å². The van der Waals surface area contributed by atoms with Crippen molar-refractivity contribution >= 4 is 5.91 Å². The molecule has 0 aromatic heterocycles. The highest BCUT2D eigenvalue weighted by molar-refractivity contribution is 5.78. The van der Waals surface area contributed by atoms with Crippen molar-refractivity contribution in [2.45, 2.75) is 26.7 Å². The fourth-order valence-corrected chi connectivity index (χ4v) is 1.38. The molecule has 0 spiro atoms. The van der Waals surface area contributed by atoms with Gasteiger partial charge in [-0.25, -0.2) is 4.39 Å². The van der Waals surface area contributed by atoms with Crippen LogP contribution in [0, 0.1) is 11.7 Å². The van der Waals surface area contributed by atoms with Crippen LogP contribution in [-0.4, -0.2) is 12.5 Å². The lowest BCUT2D eigenvalue weighted by atomic mass is 10.1. The van der Waals surface area contributed by atoms with Gasteiger partial charge in [0.25, 0.3) is 0 Å². The minimum absolute atomic E-state index is 0.0284. The Morgan fingerprint density at radius 1 is 1.44 bits per heavy atom. The van der Waals surface area contributed by atoms with Crippen molar-refractivity contribution in [1.29, 1.82) is 0 Å². The van der Waals surface area contributed by atoms with Gasteiger partial charge < -0.3 is 5.32 Å². The van der Waals surface area contributed by atoms with E-state index in [0.29, 0.717) is 18.5 Å². The summed E-state index contributed by atoms with van der Waals surface area (Å²) in [5.41, 5.74) is 0.645. The molecule has 2 nitrogen and oxygen atoms in total. The second-order valence-corrected chi connectivity index (χ2v) is 3.94. The van der Waals surface area contributed by atoms with E-state index >= 15 is 0 Å². The molecule has 1 aromatic carbocycles. The molecule has 1 rings (SSSR count). The summed E-state index contributed by atoms with van der Waals surface area (Å²) in [6.45, 7) is 4.35. The van der Waals surface area contributed by atoms with Crippen molar-refractivity contribution in [3.63, 3.8) is 0 Å². The van der Waals surface area contributed by atoms with Gasteiger partial charge in [-0.3, -0.25) is 4.79 Å². The Balaban J connectivity index is 2.36. The molecule has 1 aromatic rings. The van der Waals surface area contributed by atoms with E-state index in [9.17, 15) is 9.18 Å². The number of carbonyl (C=O) groups is 1. The van der Waals surface area contributed by atoms with Crippen LogP contribution in [0.4, 0.5) is 4.39 Å². The van der Waals surface area contributed by atoms with Crippen LogP contribution < -0.4 is 5.32 Å². The largest absolute Gasteiger partial charge is 0.356 e. The normalized spacial score (nSPS) is 12.2. The first-order valence-corrected chi connectivity index (χ1v) is 5.66. The Labute approximate surface area is 95.9 Å². The minimum atomic E-state index is -0.208. The van der Waals surface area contributed by atoms with Gasteiger partial charge in [0.05, 0.1) is 0 Å². The van der Waals surface area contributed by atoms with Crippen LogP contribution in [0.1, 0.15) is 25.8 Å². The van der Waals surface area contributed by atoms with Gasteiger partial charge in [-0.05, 0) is 24.5 Å². The van der Waals surface area contributed by atoms with Crippen molar-refractivity contribution in [1.82, 2.24) is 5.32 Å². The van der Waals surface area contributed by atoms with Gasteiger partial charge >= 0.3 is 0 Å². The molecule has 16 heavy (non-hydrogen) atoms. The first-order valence-electron chi connectivity index (χ1n) is 5.66. The lowest BCUT2D eigenvalue weighted by Crippen LogP contribution is -2.30. The highest BCUT2D eigenvalue weighted by Crippen LogP contribution is 2.06. The summed E-state index contributed by atoms with van der Waals surface area (Å²) in [7, 11) is 0. The third-order valence-electron chi connectivity index (χ3n) is 2.71. The van der Waals surface area contributed by atoms with Crippen LogP contribution in [0.5, 0.6) is 0 Å². The van der Waals surface area contributed by atoms with Gasteiger partial charge in [0, 0.05) is 12.5 Å². The van der Waals surface area contributed by atoms with E-state index in [1.54, 1.807) is 18.2 Å². The fraction of sp³-hybridized carbons (Fsp3) is 0.462. The maximum absolute atomic E-state index is 13.2. The number of benzene rings is 1. The summed E-state index contributed by atoms with van der Waals surface area (Å²) < 4.78 is 13.2. The zero-order chi connectivity index (χ0) is 12.0. The van der Waals surface area contributed by atoms with Crippen LogP contribution in [0.2, 0.25) is 0 Å². The second kappa shape index (κ2) is 6.26. The van der Waals surface area contributed by atoms with Crippen LogP contribution in [0.15, 0.2) is 24.3 Å². The quantitative estimate of drug-likeness (QED) is 0.816. The number of hydrogen-bond donors (Lipinski definition) is 1. The van der Waals surface area contributed by atoms with Gasteiger partial charge in [0.2, 0.25) is 5.91 Å². The Morgan fingerprint density at radius 3 is 2.75 bits per heavy atom. The SMILES string of the molecule is CCC(C)C(=O)NCCc1ccccc1F. The molecule has 0 aliphatic rings. The van der Waals surface area contributed by atoms with Crippen LogP contribution >= 0.6 is 0 Å². The Bertz CT molecular complexity index is 352. The second-order valence-electron chi connectivity index (χ2n) is 3.94. The summed E-state index contributed by atoms with van der Waals surface area (Å²) in [4.78, 5) is 11.4. The summed E-state index contributed by atoms with van der Waals surface area (Å²) in [5, 5.41) is 2.80. The molecule has 1 N–H and O–H groups in total. The van der Waals surface area contributed by atoms with E-state index in [4.69, 9.17) is 0 Å². The highest BCUT2D eigenvalue weighted by atomic mass is 19.1. The van der Waals surface area contributed by atoms with Crippen LogP contribution in [0.25, 0.3) is 0 Å². The number of nitrogens with one attached hydrogen (secondary N) is 1. The molecule has 0 saturated heterocycles. The summed E-state index contributed by atoms with van der Waals surface area (Å²) in [6, 6.07) is 6.64. The molecule has 0 saturated carbocycles. The summed E-state index contributed by atoms with van der Waals surface area (Å²) in [5.74, 6) is -0.139. The predicted molar refractivity (Wildman–Crippen MR) is 62.6 cm³/mol. The molecule has 0 bridgehead atoms. The van der Waals surface area contributed by atoms with Gasteiger partial charge in [-0.1, -0.05) is 32.0 Å². The van der Waals surface area contributed by atoms with Gasteiger partial charge in [-0.2, -0.15) is 0 Å². The molecule has 0 aliphatic heterocycles. The number of rotatable bonds is 5. The van der Waals surface area contributed by atoms with E-state index in [0.717, 1.165) is 6.42 Å². The minimum Gasteiger partial charge on any atom is -0.356 e. The number of halogens is 1. The molecule has 0 aliphatic carbocycles. The smallest absolute Gasteiger partial charge is 0.222 e. The zero-order valence-electron chi connectivity index (χ0n) is 9.79. The average Bonchev–Trinajstić information content (AvgIpc) is 2.30. The molecular formula is C13H18FNO. The zero-order valence-corrected chi connectivity index (χ0v) is 9.79. The molecule has 3 heteroatoms. The van der Waals surface area contributed by atoms with Crippen molar-refractivity contribution < 1.29 is 9.18 Å². The lowest BCUT2D eigenvalue weighted by molar-refractivity contribution is -0.124. The van der Waals surface area contributed by atoms with Gasteiger partial charge in [0.1, 0.15) is 5.82 Å². The third-order valence-corrected chi connectivity index (χ3v) is 2.71. The van der Waals surface area contributed by atoms with E-state index in [2.05, 4.69) is 5.32 Å². The summed E-state index contributed by atoms with van der Waals surface area (Å²) >= 11 is 0. The standard InChI is InChI=1S/C13H18FNO/c1-3-10(2)13(16)15-9-8-11-6-4-5-7-12(11)14/h4-7,10H,3,8-9H2,1-2H3,(H,15,16). The lowest BCUT2D eigenvalue weighted by Gasteiger charge is -2.10. The average molecular weight is 223 g/mol. The highest BCUT2D eigenvalue weighted by Gasteiger charge is 2.09. The van der Waals surface area contributed by atoms with E-state index in [1.807, 2.05) is 13.8 Å². The number of amides is 1. The monoisotopic (exact) mass is 223 g/mol. The van der Waals surface area contributed by atoms with Crippen LogP contribution in [0.3, 0.4) is 0 Å². The van der Waals surface area contributed by atoms with E-state index in [1.165, 1.54) is 6.07 Å². The third kappa shape index (κ3) is 3.65. The molecule has 0 radical (unpaired) electrons.